The Morgan fingerprint density at radius 3 is 2.38 bits per heavy atom. The number of rotatable bonds is 5. The number of aromatic amines is 1. The van der Waals surface area contributed by atoms with E-state index in [1.807, 2.05) is 62.4 Å². The molecule has 0 spiro atoms. The second-order valence-corrected chi connectivity index (χ2v) is 6.15. The van der Waals surface area contributed by atoms with Crippen molar-refractivity contribution >= 4 is 0 Å². The molecule has 1 heterocycles. The summed E-state index contributed by atoms with van der Waals surface area (Å²) < 4.78 is 5.43. The lowest BCUT2D eigenvalue weighted by Gasteiger charge is -2.31. The molecule has 4 nitrogen and oxygen atoms in total. The minimum absolute atomic E-state index is 0.0158. The highest BCUT2D eigenvalue weighted by molar-refractivity contribution is 5.70. The molecule has 0 fully saturated rings. The number of benzene rings is 2. The van der Waals surface area contributed by atoms with Gasteiger partial charge in [0.15, 0.2) is 0 Å². The van der Waals surface area contributed by atoms with Crippen LogP contribution in [0, 0.1) is 5.92 Å². The summed E-state index contributed by atoms with van der Waals surface area (Å²) in [6, 6.07) is 15.8. The number of aromatic nitrogens is 2. The molecule has 24 heavy (non-hydrogen) atoms. The van der Waals surface area contributed by atoms with Gasteiger partial charge in [0.25, 0.3) is 0 Å². The van der Waals surface area contributed by atoms with Crippen LogP contribution < -0.4 is 4.74 Å². The minimum atomic E-state index is -1.13. The van der Waals surface area contributed by atoms with Crippen LogP contribution >= 0.6 is 0 Å². The summed E-state index contributed by atoms with van der Waals surface area (Å²) in [7, 11) is 1.67. The highest BCUT2D eigenvalue weighted by atomic mass is 16.5. The van der Waals surface area contributed by atoms with Gasteiger partial charge in [-0.2, -0.15) is 0 Å². The predicted molar refractivity (Wildman–Crippen MR) is 94.9 cm³/mol. The zero-order valence-corrected chi connectivity index (χ0v) is 14.2. The van der Waals surface area contributed by atoms with Gasteiger partial charge in [0, 0.05) is 11.8 Å². The minimum Gasteiger partial charge on any atom is -0.496 e. The van der Waals surface area contributed by atoms with E-state index >= 15 is 0 Å². The molecule has 124 valence electrons. The van der Waals surface area contributed by atoms with Gasteiger partial charge in [-0.05, 0) is 23.1 Å². The van der Waals surface area contributed by atoms with E-state index in [0.717, 1.165) is 22.4 Å². The third-order valence-electron chi connectivity index (χ3n) is 4.47. The number of H-pyrrole nitrogens is 1. The summed E-state index contributed by atoms with van der Waals surface area (Å²) in [4.78, 5) is 7.19. The first kappa shape index (κ1) is 16.3. The van der Waals surface area contributed by atoms with E-state index in [4.69, 9.17) is 4.74 Å². The Labute approximate surface area is 142 Å². The van der Waals surface area contributed by atoms with Crippen LogP contribution in [0.15, 0.2) is 61.1 Å². The molecule has 0 saturated heterocycles. The monoisotopic (exact) mass is 322 g/mol. The number of para-hydroxylation sites is 1. The van der Waals surface area contributed by atoms with Gasteiger partial charge in [0.1, 0.15) is 11.4 Å². The van der Waals surface area contributed by atoms with E-state index in [-0.39, 0.29) is 5.92 Å². The van der Waals surface area contributed by atoms with E-state index in [9.17, 15) is 5.11 Å². The zero-order chi connectivity index (χ0) is 17.2. The van der Waals surface area contributed by atoms with Gasteiger partial charge in [-0.1, -0.05) is 56.3 Å². The number of hydrogen-bond donors (Lipinski definition) is 2. The summed E-state index contributed by atoms with van der Waals surface area (Å²) in [6.07, 6.45) is 3.33. The molecule has 1 atom stereocenters. The molecule has 3 rings (SSSR count). The standard InChI is InChI=1S/C20H22N2O2/c1-14(2)20(23,19-12-21-13-22-19)16-10-8-15(9-11-16)17-6-4-5-7-18(17)24-3/h4-14,23H,1-3H3,(H,21,22). The Hall–Kier alpha value is -2.59. The van der Waals surface area contributed by atoms with Gasteiger partial charge in [-0.15, -0.1) is 0 Å². The Kier molecular flexibility index (Phi) is 4.40. The lowest BCUT2D eigenvalue weighted by molar-refractivity contribution is 0.0279. The average Bonchev–Trinajstić information content (AvgIpc) is 3.16. The van der Waals surface area contributed by atoms with E-state index in [0.29, 0.717) is 5.69 Å². The number of nitrogens with zero attached hydrogens (tertiary/aromatic N) is 1. The maximum absolute atomic E-state index is 11.3. The van der Waals surface area contributed by atoms with Crippen LogP contribution in [-0.4, -0.2) is 22.2 Å². The highest BCUT2D eigenvalue weighted by Gasteiger charge is 2.37. The van der Waals surface area contributed by atoms with Gasteiger partial charge in [-0.25, -0.2) is 4.98 Å². The van der Waals surface area contributed by atoms with Crippen molar-refractivity contribution < 1.29 is 9.84 Å². The highest BCUT2D eigenvalue weighted by Crippen LogP contribution is 2.37. The molecule has 2 aromatic carbocycles. The second kappa shape index (κ2) is 6.49. The predicted octanol–water partition coefficient (Wildman–Crippen LogP) is 3.98. The first-order valence-corrected chi connectivity index (χ1v) is 8.03. The Bertz CT molecular complexity index is 795. The fourth-order valence-corrected chi connectivity index (χ4v) is 3.03. The van der Waals surface area contributed by atoms with Gasteiger partial charge >= 0.3 is 0 Å². The number of aliphatic hydroxyl groups is 1. The van der Waals surface area contributed by atoms with Crippen molar-refractivity contribution in [1.29, 1.82) is 0 Å². The maximum Gasteiger partial charge on any atom is 0.135 e. The van der Waals surface area contributed by atoms with E-state index in [1.165, 1.54) is 0 Å². The van der Waals surface area contributed by atoms with Crippen LogP contribution in [0.25, 0.3) is 11.1 Å². The molecule has 1 aromatic heterocycles. The number of hydrogen-bond acceptors (Lipinski definition) is 3. The Morgan fingerprint density at radius 2 is 1.79 bits per heavy atom. The molecule has 0 radical (unpaired) electrons. The third-order valence-corrected chi connectivity index (χ3v) is 4.47. The van der Waals surface area contributed by atoms with Crippen molar-refractivity contribution in [3.63, 3.8) is 0 Å². The van der Waals surface area contributed by atoms with Gasteiger partial charge < -0.3 is 14.8 Å². The Balaban J connectivity index is 2.02. The van der Waals surface area contributed by atoms with Crippen LogP contribution in [0.1, 0.15) is 25.1 Å². The van der Waals surface area contributed by atoms with Crippen molar-refractivity contribution in [2.24, 2.45) is 5.92 Å². The molecule has 2 N–H and O–H groups in total. The lowest BCUT2D eigenvalue weighted by Crippen LogP contribution is -2.33. The number of methoxy groups -OCH3 is 1. The van der Waals surface area contributed by atoms with Crippen LogP contribution in [0.4, 0.5) is 0 Å². The normalized spacial score (nSPS) is 13.7. The smallest absolute Gasteiger partial charge is 0.135 e. The van der Waals surface area contributed by atoms with Crippen LogP contribution in [-0.2, 0) is 5.60 Å². The van der Waals surface area contributed by atoms with E-state index < -0.39 is 5.60 Å². The molecule has 0 aliphatic carbocycles. The van der Waals surface area contributed by atoms with Gasteiger partial charge in [0.2, 0.25) is 0 Å². The molecular formula is C20H22N2O2. The fourth-order valence-electron chi connectivity index (χ4n) is 3.03. The molecule has 0 bridgehead atoms. The van der Waals surface area contributed by atoms with Gasteiger partial charge in [0.05, 0.1) is 19.1 Å². The topological polar surface area (TPSA) is 58.1 Å². The summed E-state index contributed by atoms with van der Waals surface area (Å²) in [5, 5.41) is 11.3. The molecule has 0 amide bonds. The summed E-state index contributed by atoms with van der Waals surface area (Å²) in [5.41, 5.74) is 2.40. The van der Waals surface area contributed by atoms with E-state index in [1.54, 1.807) is 19.6 Å². The quantitative estimate of drug-likeness (QED) is 0.747. The first-order valence-electron chi connectivity index (χ1n) is 8.03. The summed E-state index contributed by atoms with van der Waals surface area (Å²) in [5.74, 6) is 0.814. The largest absolute Gasteiger partial charge is 0.496 e. The van der Waals surface area contributed by atoms with Crippen molar-refractivity contribution in [3.05, 3.63) is 72.3 Å². The number of ether oxygens (including phenoxy) is 1. The second-order valence-electron chi connectivity index (χ2n) is 6.15. The van der Waals surface area contributed by atoms with Crippen LogP contribution in [0.5, 0.6) is 5.75 Å². The summed E-state index contributed by atoms with van der Waals surface area (Å²) >= 11 is 0. The summed E-state index contributed by atoms with van der Waals surface area (Å²) in [6.45, 7) is 3.98. The van der Waals surface area contributed by atoms with Crippen molar-refractivity contribution in [3.8, 4) is 16.9 Å². The van der Waals surface area contributed by atoms with E-state index in [2.05, 4.69) is 9.97 Å². The zero-order valence-electron chi connectivity index (χ0n) is 14.2. The molecule has 0 aliphatic rings. The molecular weight excluding hydrogens is 300 g/mol. The third kappa shape index (κ3) is 2.69. The average molecular weight is 322 g/mol. The number of imidazole rings is 1. The molecule has 1 unspecified atom stereocenters. The molecule has 0 aliphatic heterocycles. The van der Waals surface area contributed by atoms with Gasteiger partial charge in [-0.3, -0.25) is 0 Å². The van der Waals surface area contributed by atoms with Crippen molar-refractivity contribution in [2.75, 3.05) is 7.11 Å². The fraction of sp³-hybridized carbons (Fsp3) is 0.250. The molecule has 4 heteroatoms. The SMILES string of the molecule is COc1ccccc1-c1ccc(C(O)(c2c[nH]cn2)C(C)C)cc1. The molecule has 3 aromatic rings. The number of nitrogens with one attached hydrogen (secondary N) is 1. The lowest BCUT2D eigenvalue weighted by atomic mass is 9.80. The maximum atomic E-state index is 11.3. The van der Waals surface area contributed by atoms with Crippen LogP contribution in [0.3, 0.4) is 0 Å². The van der Waals surface area contributed by atoms with Crippen molar-refractivity contribution in [2.45, 2.75) is 19.4 Å². The Morgan fingerprint density at radius 1 is 1.08 bits per heavy atom. The van der Waals surface area contributed by atoms with Crippen LogP contribution in [0.2, 0.25) is 0 Å². The first-order chi connectivity index (χ1) is 11.6. The molecule has 0 saturated carbocycles. The van der Waals surface area contributed by atoms with Crippen molar-refractivity contribution in [1.82, 2.24) is 9.97 Å².